The molecule has 0 saturated carbocycles. The first-order chi connectivity index (χ1) is 14.4. The molecule has 0 atom stereocenters. The van der Waals surface area contributed by atoms with Gasteiger partial charge in [0.25, 0.3) is 5.91 Å². The number of nitrogens with zero attached hydrogens (tertiary/aromatic N) is 2. The highest BCUT2D eigenvalue weighted by atomic mass is 79.9. The first-order valence-corrected chi connectivity index (χ1v) is 10.7. The van der Waals surface area contributed by atoms with E-state index in [1.807, 2.05) is 36.4 Å². The van der Waals surface area contributed by atoms with Crippen LogP contribution in [0.25, 0.3) is 16.3 Å². The molecule has 4 rings (SSSR count). The summed E-state index contributed by atoms with van der Waals surface area (Å²) >= 11 is 10.7. The topological polar surface area (TPSA) is 84.2 Å². The Morgan fingerprint density at radius 2 is 1.87 bits per heavy atom. The molecule has 2 aromatic carbocycles. The van der Waals surface area contributed by atoms with Gasteiger partial charge in [0.05, 0.1) is 26.0 Å². The van der Waals surface area contributed by atoms with E-state index in [2.05, 4.69) is 26.3 Å². The number of carboxylic acid groups (broad SMARTS) is 1. The number of benzene rings is 2. The summed E-state index contributed by atoms with van der Waals surface area (Å²) in [5.74, 6) is -1.50. The van der Waals surface area contributed by atoms with Crippen molar-refractivity contribution in [1.29, 1.82) is 0 Å². The molecule has 2 heterocycles. The largest absolute Gasteiger partial charge is 0.478 e. The maximum absolute atomic E-state index is 13.1. The molecule has 30 heavy (non-hydrogen) atoms. The molecule has 4 aromatic rings. The van der Waals surface area contributed by atoms with Crippen LogP contribution in [-0.2, 0) is 0 Å². The normalized spacial score (nSPS) is 10.7. The Morgan fingerprint density at radius 1 is 1.10 bits per heavy atom. The highest BCUT2D eigenvalue weighted by Gasteiger charge is 2.21. The quantitative estimate of drug-likeness (QED) is 0.352. The van der Waals surface area contributed by atoms with Gasteiger partial charge < -0.3 is 10.4 Å². The number of carbonyl (C=O) groups is 2. The molecule has 1 amide bonds. The van der Waals surface area contributed by atoms with E-state index in [-0.39, 0.29) is 5.56 Å². The molecule has 6 nitrogen and oxygen atoms in total. The van der Waals surface area contributed by atoms with Crippen LogP contribution in [0.15, 0.2) is 71.3 Å². The second-order valence-corrected chi connectivity index (χ2v) is 8.89. The number of halogens is 2. The SMILES string of the molecule is O=C(O)c1cc(Br)cc(NC(=O)c2cn(-c3ccccc3)nc2-c2ccc(Cl)s2)c1. The predicted molar refractivity (Wildman–Crippen MR) is 121 cm³/mol. The van der Waals surface area contributed by atoms with E-state index >= 15 is 0 Å². The fourth-order valence-electron chi connectivity index (χ4n) is 2.86. The van der Waals surface area contributed by atoms with Crippen molar-refractivity contribution in [2.75, 3.05) is 5.32 Å². The highest BCUT2D eigenvalue weighted by Crippen LogP contribution is 2.33. The number of thiophene rings is 1. The lowest BCUT2D eigenvalue weighted by Crippen LogP contribution is -2.13. The molecule has 0 fully saturated rings. The molecular weight excluding hydrogens is 490 g/mol. The molecule has 2 aromatic heterocycles. The maximum Gasteiger partial charge on any atom is 0.335 e. The number of aromatic carboxylic acids is 1. The van der Waals surface area contributed by atoms with Crippen LogP contribution in [-0.4, -0.2) is 26.8 Å². The van der Waals surface area contributed by atoms with Crippen LogP contribution < -0.4 is 5.32 Å². The number of aromatic nitrogens is 2. The molecule has 0 radical (unpaired) electrons. The number of hydrogen-bond acceptors (Lipinski definition) is 4. The minimum absolute atomic E-state index is 0.0601. The third-order valence-corrected chi connectivity index (χ3v) is 5.88. The van der Waals surface area contributed by atoms with Gasteiger partial charge in [0.1, 0.15) is 5.69 Å². The number of anilines is 1. The summed E-state index contributed by atoms with van der Waals surface area (Å²) < 4.78 is 2.76. The molecule has 0 spiro atoms. The molecule has 0 saturated heterocycles. The number of rotatable bonds is 5. The Morgan fingerprint density at radius 3 is 2.53 bits per heavy atom. The number of nitrogens with one attached hydrogen (secondary N) is 1. The minimum atomic E-state index is -1.09. The maximum atomic E-state index is 13.1. The average molecular weight is 503 g/mol. The summed E-state index contributed by atoms with van der Waals surface area (Å²) in [6.45, 7) is 0. The lowest BCUT2D eigenvalue weighted by atomic mass is 10.1. The Kier molecular flexibility index (Phi) is 5.72. The standard InChI is InChI=1S/C21H13BrClN3O3S/c22-13-8-12(21(28)29)9-14(10-13)24-20(27)16-11-26(15-4-2-1-3-5-15)25-19(16)17-6-7-18(23)30-17/h1-11H,(H,24,27)(H,28,29). The average Bonchev–Trinajstić information content (AvgIpc) is 3.34. The zero-order valence-electron chi connectivity index (χ0n) is 15.2. The molecule has 0 unspecified atom stereocenters. The van der Waals surface area contributed by atoms with Crippen LogP contribution in [0, 0.1) is 0 Å². The van der Waals surface area contributed by atoms with Crippen LogP contribution in [0.4, 0.5) is 5.69 Å². The third-order valence-electron chi connectivity index (χ3n) is 4.19. The van der Waals surface area contributed by atoms with Gasteiger partial charge in [-0.15, -0.1) is 11.3 Å². The first kappa shape index (κ1) is 20.3. The number of para-hydroxylation sites is 1. The summed E-state index contributed by atoms with van der Waals surface area (Å²) in [5.41, 5.74) is 2.05. The lowest BCUT2D eigenvalue weighted by Gasteiger charge is -2.07. The summed E-state index contributed by atoms with van der Waals surface area (Å²) in [4.78, 5) is 25.2. The van der Waals surface area contributed by atoms with E-state index < -0.39 is 11.9 Å². The van der Waals surface area contributed by atoms with Gasteiger partial charge in [-0.3, -0.25) is 4.79 Å². The zero-order chi connectivity index (χ0) is 21.3. The van der Waals surface area contributed by atoms with Crippen molar-refractivity contribution < 1.29 is 14.7 Å². The van der Waals surface area contributed by atoms with Gasteiger partial charge in [0.2, 0.25) is 0 Å². The van der Waals surface area contributed by atoms with Crippen LogP contribution in [0.5, 0.6) is 0 Å². The van der Waals surface area contributed by atoms with E-state index in [9.17, 15) is 14.7 Å². The number of amides is 1. The van der Waals surface area contributed by atoms with Gasteiger partial charge in [-0.2, -0.15) is 5.10 Å². The van der Waals surface area contributed by atoms with Crippen molar-refractivity contribution in [3.05, 3.63) is 86.8 Å². The summed E-state index contributed by atoms with van der Waals surface area (Å²) in [5, 5.41) is 16.6. The van der Waals surface area contributed by atoms with Crippen molar-refractivity contribution in [2.24, 2.45) is 0 Å². The first-order valence-electron chi connectivity index (χ1n) is 8.67. The van der Waals surface area contributed by atoms with Gasteiger partial charge in [-0.05, 0) is 42.5 Å². The number of carbonyl (C=O) groups excluding carboxylic acids is 1. The monoisotopic (exact) mass is 501 g/mol. The van der Waals surface area contributed by atoms with E-state index in [1.165, 1.54) is 23.5 Å². The Hall–Kier alpha value is -2.94. The van der Waals surface area contributed by atoms with Gasteiger partial charge in [0, 0.05) is 16.4 Å². The minimum Gasteiger partial charge on any atom is -0.478 e. The summed E-state index contributed by atoms with van der Waals surface area (Å²) in [6, 6.07) is 17.5. The van der Waals surface area contributed by atoms with Crippen LogP contribution >= 0.6 is 38.9 Å². The van der Waals surface area contributed by atoms with E-state index in [4.69, 9.17) is 11.6 Å². The summed E-state index contributed by atoms with van der Waals surface area (Å²) in [6.07, 6.45) is 1.64. The molecule has 0 bridgehead atoms. The van der Waals surface area contributed by atoms with Crippen LogP contribution in [0.3, 0.4) is 0 Å². The van der Waals surface area contributed by atoms with Crippen molar-refractivity contribution >= 4 is 56.4 Å². The van der Waals surface area contributed by atoms with Gasteiger partial charge in [-0.1, -0.05) is 45.7 Å². The van der Waals surface area contributed by atoms with E-state index in [1.54, 1.807) is 23.0 Å². The highest BCUT2D eigenvalue weighted by molar-refractivity contribution is 9.10. The van der Waals surface area contributed by atoms with E-state index in [0.29, 0.717) is 25.8 Å². The summed E-state index contributed by atoms with van der Waals surface area (Å²) in [7, 11) is 0. The predicted octanol–water partition coefficient (Wildman–Crippen LogP) is 5.97. The van der Waals surface area contributed by atoms with Crippen LogP contribution in [0.1, 0.15) is 20.7 Å². The number of hydrogen-bond donors (Lipinski definition) is 2. The van der Waals surface area contributed by atoms with Crippen LogP contribution in [0.2, 0.25) is 4.34 Å². The fourth-order valence-corrected chi connectivity index (χ4v) is 4.40. The van der Waals surface area contributed by atoms with Gasteiger partial charge >= 0.3 is 5.97 Å². The number of carboxylic acids is 1. The smallest absolute Gasteiger partial charge is 0.335 e. The van der Waals surface area contributed by atoms with Crippen molar-refractivity contribution in [3.8, 4) is 16.3 Å². The third kappa shape index (κ3) is 4.30. The molecule has 2 N–H and O–H groups in total. The van der Waals surface area contributed by atoms with E-state index in [0.717, 1.165) is 10.6 Å². The Bertz CT molecular complexity index is 1250. The zero-order valence-corrected chi connectivity index (χ0v) is 18.3. The van der Waals surface area contributed by atoms with Crippen molar-refractivity contribution in [2.45, 2.75) is 0 Å². The van der Waals surface area contributed by atoms with Crippen molar-refractivity contribution in [1.82, 2.24) is 9.78 Å². The van der Waals surface area contributed by atoms with Gasteiger partial charge in [0.15, 0.2) is 0 Å². The second-order valence-electron chi connectivity index (χ2n) is 6.26. The molecule has 9 heteroatoms. The molecule has 0 aliphatic rings. The second kappa shape index (κ2) is 8.43. The molecule has 150 valence electrons. The molecule has 0 aliphatic heterocycles. The lowest BCUT2D eigenvalue weighted by molar-refractivity contribution is 0.0696. The molecular formula is C21H13BrClN3O3S. The van der Waals surface area contributed by atoms with Gasteiger partial charge in [-0.25, -0.2) is 9.48 Å². The Labute approximate surface area is 188 Å². The molecule has 0 aliphatic carbocycles. The van der Waals surface area contributed by atoms with Crippen molar-refractivity contribution in [3.63, 3.8) is 0 Å². The Balaban J connectivity index is 1.74. The fraction of sp³-hybridized carbons (Fsp3) is 0.